The van der Waals surface area contributed by atoms with Gasteiger partial charge in [-0.2, -0.15) is 0 Å². The van der Waals surface area contributed by atoms with Gasteiger partial charge in [-0.25, -0.2) is 4.98 Å². The lowest BCUT2D eigenvalue weighted by Gasteiger charge is -2.22. The van der Waals surface area contributed by atoms with Crippen molar-refractivity contribution >= 4 is 17.5 Å². The Morgan fingerprint density at radius 1 is 1.30 bits per heavy atom. The van der Waals surface area contributed by atoms with Crippen molar-refractivity contribution in [1.29, 1.82) is 0 Å². The maximum Gasteiger partial charge on any atom is 0.320 e. The first-order valence-electron chi connectivity index (χ1n) is 7.86. The molecule has 2 aromatic rings. The Kier molecular flexibility index (Phi) is 4.57. The van der Waals surface area contributed by atoms with Gasteiger partial charge in [-0.3, -0.25) is 9.69 Å². The number of anilines is 2. The van der Waals surface area contributed by atoms with Gasteiger partial charge in [0.2, 0.25) is 0 Å². The molecule has 1 atom stereocenters. The molecule has 0 unspecified atom stereocenters. The number of carbonyl (C=O) groups is 1. The third kappa shape index (κ3) is 3.51. The Morgan fingerprint density at radius 3 is 2.74 bits per heavy atom. The standard InChI is InChI=1S/C18H21N3O2/c1-20(15-6-3-2-4-7-15)17-10-9-14(12-19-17)13-21-11-5-8-16(21)18(22)23/h2-4,6-7,9-10,12,16H,5,8,11,13H2,1H3,(H,22,23)/t16-/m0/s1. The molecule has 2 heterocycles. The molecule has 1 aromatic carbocycles. The highest BCUT2D eigenvalue weighted by Gasteiger charge is 2.30. The first-order valence-corrected chi connectivity index (χ1v) is 7.86. The average Bonchev–Trinajstić information content (AvgIpc) is 3.04. The molecule has 1 aliphatic heterocycles. The highest BCUT2D eigenvalue weighted by Crippen LogP contribution is 2.23. The normalized spacial score (nSPS) is 18.0. The number of carboxylic acids is 1. The van der Waals surface area contributed by atoms with Crippen LogP contribution in [0.15, 0.2) is 48.7 Å². The molecule has 5 heteroatoms. The molecule has 0 saturated carbocycles. The van der Waals surface area contributed by atoms with Gasteiger partial charge in [0.15, 0.2) is 0 Å². The third-order valence-electron chi connectivity index (χ3n) is 4.33. The highest BCUT2D eigenvalue weighted by molar-refractivity contribution is 5.73. The van der Waals surface area contributed by atoms with Crippen LogP contribution in [-0.4, -0.2) is 40.6 Å². The molecule has 0 amide bonds. The number of benzene rings is 1. The second-order valence-corrected chi connectivity index (χ2v) is 5.89. The molecule has 1 N–H and O–H groups in total. The molecule has 3 rings (SSSR count). The predicted molar refractivity (Wildman–Crippen MR) is 89.8 cm³/mol. The number of nitrogens with zero attached hydrogens (tertiary/aromatic N) is 3. The number of para-hydroxylation sites is 1. The number of hydrogen-bond donors (Lipinski definition) is 1. The molecule has 5 nitrogen and oxygen atoms in total. The van der Waals surface area contributed by atoms with Crippen LogP contribution in [0.25, 0.3) is 0 Å². The van der Waals surface area contributed by atoms with Crippen LogP contribution in [0.4, 0.5) is 11.5 Å². The summed E-state index contributed by atoms with van der Waals surface area (Å²) < 4.78 is 0. The summed E-state index contributed by atoms with van der Waals surface area (Å²) in [5.74, 6) is 0.145. The van der Waals surface area contributed by atoms with E-state index in [0.717, 1.165) is 36.5 Å². The summed E-state index contributed by atoms with van der Waals surface area (Å²) in [5, 5.41) is 9.24. The first kappa shape index (κ1) is 15.5. The first-order chi connectivity index (χ1) is 11.1. The van der Waals surface area contributed by atoms with Gasteiger partial charge in [-0.05, 0) is 43.1 Å². The van der Waals surface area contributed by atoms with E-state index in [1.165, 1.54) is 0 Å². The minimum Gasteiger partial charge on any atom is -0.480 e. The number of rotatable bonds is 5. The molecule has 1 saturated heterocycles. The lowest BCUT2D eigenvalue weighted by atomic mass is 10.2. The Morgan fingerprint density at radius 2 is 2.09 bits per heavy atom. The number of pyridine rings is 1. The Hall–Kier alpha value is -2.40. The molecule has 0 bridgehead atoms. The summed E-state index contributed by atoms with van der Waals surface area (Å²) in [5.41, 5.74) is 2.13. The number of aromatic nitrogens is 1. The summed E-state index contributed by atoms with van der Waals surface area (Å²) in [6.45, 7) is 1.47. The van der Waals surface area contributed by atoms with Crippen molar-refractivity contribution in [3.63, 3.8) is 0 Å². The van der Waals surface area contributed by atoms with E-state index < -0.39 is 5.97 Å². The van der Waals surface area contributed by atoms with Crippen LogP contribution < -0.4 is 4.90 Å². The summed E-state index contributed by atoms with van der Waals surface area (Å²) in [6.07, 6.45) is 3.52. The van der Waals surface area contributed by atoms with E-state index in [9.17, 15) is 9.90 Å². The molecule has 1 aromatic heterocycles. The predicted octanol–water partition coefficient (Wildman–Crippen LogP) is 2.90. The second kappa shape index (κ2) is 6.79. The van der Waals surface area contributed by atoms with Gasteiger partial charge in [-0.1, -0.05) is 24.3 Å². The van der Waals surface area contributed by atoms with Gasteiger partial charge in [-0.15, -0.1) is 0 Å². The molecule has 0 spiro atoms. The topological polar surface area (TPSA) is 56.7 Å². The summed E-state index contributed by atoms with van der Waals surface area (Å²) in [6, 6.07) is 13.7. The second-order valence-electron chi connectivity index (χ2n) is 5.89. The van der Waals surface area contributed by atoms with Crippen LogP contribution in [0, 0.1) is 0 Å². The fraction of sp³-hybridized carbons (Fsp3) is 0.333. The smallest absolute Gasteiger partial charge is 0.320 e. The van der Waals surface area contributed by atoms with E-state index in [1.807, 2.05) is 65.5 Å². The van der Waals surface area contributed by atoms with Crippen molar-refractivity contribution in [1.82, 2.24) is 9.88 Å². The van der Waals surface area contributed by atoms with Crippen LogP contribution in [0.1, 0.15) is 18.4 Å². The van der Waals surface area contributed by atoms with E-state index in [1.54, 1.807) is 0 Å². The van der Waals surface area contributed by atoms with E-state index in [-0.39, 0.29) is 6.04 Å². The van der Waals surface area contributed by atoms with Crippen LogP contribution >= 0.6 is 0 Å². The van der Waals surface area contributed by atoms with Gasteiger partial charge in [0.05, 0.1) is 0 Å². The maximum atomic E-state index is 11.2. The maximum absolute atomic E-state index is 11.2. The van der Waals surface area contributed by atoms with Gasteiger partial charge < -0.3 is 10.0 Å². The van der Waals surface area contributed by atoms with Gasteiger partial charge >= 0.3 is 5.97 Å². The number of likely N-dealkylation sites (tertiary alicyclic amines) is 1. The molecule has 120 valence electrons. The van der Waals surface area contributed by atoms with Crippen LogP contribution in [-0.2, 0) is 11.3 Å². The van der Waals surface area contributed by atoms with Gasteiger partial charge in [0, 0.05) is 25.5 Å². The highest BCUT2D eigenvalue weighted by atomic mass is 16.4. The van der Waals surface area contributed by atoms with E-state index >= 15 is 0 Å². The SMILES string of the molecule is CN(c1ccccc1)c1ccc(CN2CCC[C@H]2C(=O)O)cn1. The van der Waals surface area contributed by atoms with Crippen LogP contribution in [0.2, 0.25) is 0 Å². The lowest BCUT2D eigenvalue weighted by molar-refractivity contribution is -0.142. The molecular formula is C18H21N3O2. The van der Waals surface area contributed by atoms with Gasteiger partial charge in [0.1, 0.15) is 11.9 Å². The third-order valence-corrected chi connectivity index (χ3v) is 4.33. The molecule has 1 aliphatic rings. The Bertz CT molecular complexity index is 658. The summed E-state index contributed by atoms with van der Waals surface area (Å²) in [7, 11) is 1.98. The van der Waals surface area contributed by atoms with Crippen molar-refractivity contribution in [2.75, 3.05) is 18.5 Å². The zero-order valence-corrected chi connectivity index (χ0v) is 13.2. The number of carboxylic acid groups (broad SMARTS) is 1. The molecule has 0 radical (unpaired) electrons. The lowest BCUT2D eigenvalue weighted by Crippen LogP contribution is -2.35. The van der Waals surface area contributed by atoms with Crippen molar-refractivity contribution in [3.05, 3.63) is 54.2 Å². The minimum atomic E-state index is -0.726. The van der Waals surface area contributed by atoms with E-state index in [0.29, 0.717) is 6.54 Å². The fourth-order valence-electron chi connectivity index (χ4n) is 3.02. The molecule has 0 aliphatic carbocycles. The van der Waals surface area contributed by atoms with Crippen molar-refractivity contribution < 1.29 is 9.90 Å². The summed E-state index contributed by atoms with van der Waals surface area (Å²) in [4.78, 5) is 19.8. The molecular weight excluding hydrogens is 290 g/mol. The zero-order valence-electron chi connectivity index (χ0n) is 13.2. The number of aliphatic carboxylic acids is 1. The Labute approximate surface area is 136 Å². The molecule has 23 heavy (non-hydrogen) atoms. The van der Waals surface area contributed by atoms with Crippen LogP contribution in [0.3, 0.4) is 0 Å². The molecule has 1 fully saturated rings. The van der Waals surface area contributed by atoms with E-state index in [2.05, 4.69) is 4.98 Å². The average molecular weight is 311 g/mol. The quantitative estimate of drug-likeness (QED) is 0.920. The Balaban J connectivity index is 1.69. The zero-order chi connectivity index (χ0) is 16.2. The van der Waals surface area contributed by atoms with E-state index in [4.69, 9.17) is 0 Å². The minimum absolute atomic E-state index is 0.360. The monoisotopic (exact) mass is 311 g/mol. The van der Waals surface area contributed by atoms with Crippen LogP contribution in [0.5, 0.6) is 0 Å². The fourth-order valence-corrected chi connectivity index (χ4v) is 3.02. The number of hydrogen-bond acceptors (Lipinski definition) is 4. The largest absolute Gasteiger partial charge is 0.480 e. The van der Waals surface area contributed by atoms with Crippen molar-refractivity contribution in [2.24, 2.45) is 0 Å². The summed E-state index contributed by atoms with van der Waals surface area (Å²) >= 11 is 0. The van der Waals surface area contributed by atoms with Gasteiger partial charge in [0.25, 0.3) is 0 Å². The van der Waals surface area contributed by atoms with Crippen molar-refractivity contribution in [3.8, 4) is 0 Å². The van der Waals surface area contributed by atoms with Crippen molar-refractivity contribution in [2.45, 2.75) is 25.4 Å².